The molecule has 1 heterocycles. The van der Waals surface area contributed by atoms with E-state index in [0.29, 0.717) is 13.2 Å². The van der Waals surface area contributed by atoms with Gasteiger partial charge in [-0.1, -0.05) is 13.0 Å². The molecule has 2 rings (SSSR count). The zero-order chi connectivity index (χ0) is 14.2. The van der Waals surface area contributed by atoms with Crippen LogP contribution in [0.5, 0.6) is 11.5 Å². The average Bonchev–Trinajstić information content (AvgIpc) is 2.52. The van der Waals surface area contributed by atoms with Crippen molar-refractivity contribution in [1.29, 1.82) is 0 Å². The van der Waals surface area contributed by atoms with E-state index in [1.807, 2.05) is 36.4 Å². The molecule has 0 fully saturated rings. The molecule has 0 aliphatic heterocycles. The van der Waals surface area contributed by atoms with Crippen LogP contribution in [0, 0.1) is 0 Å². The number of hydrogen-bond acceptors (Lipinski definition) is 4. The summed E-state index contributed by atoms with van der Waals surface area (Å²) in [5, 5.41) is 3.28. The minimum atomic E-state index is 0.667. The second kappa shape index (κ2) is 7.38. The summed E-state index contributed by atoms with van der Waals surface area (Å²) in [6.45, 7) is 3.45. The minimum Gasteiger partial charge on any atom is -0.497 e. The van der Waals surface area contributed by atoms with Gasteiger partial charge in [0.25, 0.3) is 0 Å². The lowest BCUT2D eigenvalue weighted by molar-refractivity contribution is 0.311. The highest BCUT2D eigenvalue weighted by Gasteiger charge is 2.06. The highest BCUT2D eigenvalue weighted by Crippen LogP contribution is 2.25. The van der Waals surface area contributed by atoms with Gasteiger partial charge in [0.15, 0.2) is 0 Å². The molecule has 4 nitrogen and oxygen atoms in total. The monoisotopic (exact) mass is 272 g/mol. The molecule has 0 aliphatic rings. The number of nitrogens with zero attached hydrogens (tertiary/aromatic N) is 1. The third kappa shape index (κ3) is 3.88. The van der Waals surface area contributed by atoms with Gasteiger partial charge in [0, 0.05) is 24.4 Å². The van der Waals surface area contributed by atoms with Crippen LogP contribution in [0.1, 0.15) is 18.9 Å². The third-order valence-corrected chi connectivity index (χ3v) is 2.86. The van der Waals surface area contributed by atoms with E-state index in [1.165, 1.54) is 0 Å². The Bertz CT molecular complexity index is 529. The lowest BCUT2D eigenvalue weighted by Gasteiger charge is -2.13. The highest BCUT2D eigenvalue weighted by molar-refractivity contribution is 5.43. The molecule has 0 saturated carbocycles. The first-order valence-corrected chi connectivity index (χ1v) is 6.78. The summed E-state index contributed by atoms with van der Waals surface area (Å²) in [6.07, 6.45) is 2.75. The van der Waals surface area contributed by atoms with Crippen LogP contribution in [0.15, 0.2) is 42.6 Å². The van der Waals surface area contributed by atoms with Crippen molar-refractivity contribution in [3.8, 4) is 11.5 Å². The van der Waals surface area contributed by atoms with E-state index in [1.54, 1.807) is 13.3 Å². The van der Waals surface area contributed by atoms with Crippen molar-refractivity contribution >= 4 is 5.82 Å². The van der Waals surface area contributed by atoms with Crippen LogP contribution in [0.4, 0.5) is 5.82 Å². The highest BCUT2D eigenvalue weighted by atomic mass is 16.5. The van der Waals surface area contributed by atoms with Gasteiger partial charge in [-0.2, -0.15) is 0 Å². The molecular formula is C16H20N2O2. The van der Waals surface area contributed by atoms with Crippen molar-refractivity contribution in [2.24, 2.45) is 0 Å². The maximum atomic E-state index is 5.78. The largest absolute Gasteiger partial charge is 0.497 e. The van der Waals surface area contributed by atoms with Gasteiger partial charge in [-0.05, 0) is 30.7 Å². The standard InChI is InChI=1S/C16H20N2O2/c1-3-10-20-15-11-14(19-2)8-7-13(15)12-18-16-6-4-5-9-17-16/h4-9,11H,3,10,12H2,1-2H3,(H,17,18). The summed E-state index contributed by atoms with van der Waals surface area (Å²) in [5.41, 5.74) is 1.09. The number of pyridine rings is 1. The van der Waals surface area contributed by atoms with Crippen molar-refractivity contribution < 1.29 is 9.47 Å². The van der Waals surface area contributed by atoms with Crippen LogP contribution in [0.2, 0.25) is 0 Å². The Kier molecular flexibility index (Phi) is 5.24. The summed E-state index contributed by atoms with van der Waals surface area (Å²) in [4.78, 5) is 4.24. The molecule has 4 heteroatoms. The van der Waals surface area contributed by atoms with E-state index in [-0.39, 0.29) is 0 Å². The summed E-state index contributed by atoms with van der Waals surface area (Å²) in [5.74, 6) is 2.51. The summed E-state index contributed by atoms with van der Waals surface area (Å²) in [7, 11) is 1.66. The number of anilines is 1. The number of hydrogen-bond donors (Lipinski definition) is 1. The first-order valence-electron chi connectivity index (χ1n) is 6.78. The van der Waals surface area contributed by atoms with E-state index >= 15 is 0 Å². The van der Waals surface area contributed by atoms with E-state index in [0.717, 1.165) is 29.3 Å². The number of aromatic nitrogens is 1. The number of nitrogens with one attached hydrogen (secondary N) is 1. The lowest BCUT2D eigenvalue weighted by atomic mass is 10.2. The summed E-state index contributed by atoms with van der Waals surface area (Å²) < 4.78 is 11.0. The molecule has 0 spiro atoms. The van der Waals surface area contributed by atoms with Crippen molar-refractivity contribution in [2.75, 3.05) is 19.0 Å². The first-order chi connectivity index (χ1) is 9.83. The number of ether oxygens (including phenoxy) is 2. The Hall–Kier alpha value is -2.23. The number of benzene rings is 1. The van der Waals surface area contributed by atoms with E-state index in [9.17, 15) is 0 Å². The zero-order valence-corrected chi connectivity index (χ0v) is 11.9. The molecule has 106 valence electrons. The Labute approximate surface area is 119 Å². The topological polar surface area (TPSA) is 43.4 Å². The van der Waals surface area contributed by atoms with Gasteiger partial charge in [-0.15, -0.1) is 0 Å². The molecule has 0 atom stereocenters. The molecular weight excluding hydrogens is 252 g/mol. The van der Waals surface area contributed by atoms with Crippen molar-refractivity contribution in [2.45, 2.75) is 19.9 Å². The summed E-state index contributed by atoms with van der Waals surface area (Å²) >= 11 is 0. The molecule has 0 unspecified atom stereocenters. The second-order valence-corrected chi connectivity index (χ2v) is 4.39. The van der Waals surface area contributed by atoms with Gasteiger partial charge in [0.05, 0.1) is 13.7 Å². The molecule has 0 bridgehead atoms. The number of rotatable bonds is 7. The fourth-order valence-electron chi connectivity index (χ4n) is 1.81. The maximum absolute atomic E-state index is 5.78. The smallest absolute Gasteiger partial charge is 0.127 e. The van der Waals surface area contributed by atoms with Crippen LogP contribution in [-0.2, 0) is 6.54 Å². The maximum Gasteiger partial charge on any atom is 0.127 e. The predicted molar refractivity (Wildman–Crippen MR) is 80.3 cm³/mol. The molecule has 1 aromatic carbocycles. The van der Waals surface area contributed by atoms with Crippen molar-refractivity contribution in [3.63, 3.8) is 0 Å². The van der Waals surface area contributed by atoms with Gasteiger partial charge >= 0.3 is 0 Å². The second-order valence-electron chi connectivity index (χ2n) is 4.39. The normalized spacial score (nSPS) is 10.1. The zero-order valence-electron chi connectivity index (χ0n) is 11.9. The average molecular weight is 272 g/mol. The van der Waals surface area contributed by atoms with Crippen LogP contribution in [-0.4, -0.2) is 18.7 Å². The molecule has 2 aromatic rings. The van der Waals surface area contributed by atoms with Crippen molar-refractivity contribution in [3.05, 3.63) is 48.2 Å². The fourth-order valence-corrected chi connectivity index (χ4v) is 1.81. The quantitative estimate of drug-likeness (QED) is 0.838. The van der Waals surface area contributed by atoms with E-state index in [4.69, 9.17) is 9.47 Å². The van der Waals surface area contributed by atoms with Crippen LogP contribution < -0.4 is 14.8 Å². The Morgan fingerprint density at radius 3 is 2.80 bits per heavy atom. The van der Waals surface area contributed by atoms with Gasteiger partial charge in [-0.3, -0.25) is 0 Å². The van der Waals surface area contributed by atoms with Gasteiger partial charge in [-0.25, -0.2) is 4.98 Å². The van der Waals surface area contributed by atoms with Crippen LogP contribution in [0.3, 0.4) is 0 Å². The molecule has 0 saturated heterocycles. The molecule has 20 heavy (non-hydrogen) atoms. The van der Waals surface area contributed by atoms with Crippen molar-refractivity contribution in [1.82, 2.24) is 4.98 Å². The van der Waals surface area contributed by atoms with Crippen LogP contribution in [0.25, 0.3) is 0 Å². The summed E-state index contributed by atoms with van der Waals surface area (Å²) in [6, 6.07) is 11.7. The van der Waals surface area contributed by atoms with Gasteiger partial charge in [0.2, 0.25) is 0 Å². The number of methoxy groups -OCH3 is 1. The molecule has 1 aromatic heterocycles. The molecule has 1 N–H and O–H groups in total. The minimum absolute atomic E-state index is 0.667. The Morgan fingerprint density at radius 1 is 1.20 bits per heavy atom. The molecule has 0 radical (unpaired) electrons. The van der Waals surface area contributed by atoms with E-state index in [2.05, 4.69) is 17.2 Å². The van der Waals surface area contributed by atoms with Crippen LogP contribution >= 0.6 is 0 Å². The van der Waals surface area contributed by atoms with Gasteiger partial charge in [0.1, 0.15) is 17.3 Å². The van der Waals surface area contributed by atoms with E-state index < -0.39 is 0 Å². The van der Waals surface area contributed by atoms with Gasteiger partial charge < -0.3 is 14.8 Å². The third-order valence-electron chi connectivity index (χ3n) is 2.86. The fraction of sp³-hybridized carbons (Fsp3) is 0.312. The first kappa shape index (κ1) is 14.2. The molecule has 0 amide bonds. The Morgan fingerprint density at radius 2 is 2.10 bits per heavy atom. The predicted octanol–water partition coefficient (Wildman–Crippen LogP) is 3.49. The lowest BCUT2D eigenvalue weighted by Crippen LogP contribution is -2.05. The SMILES string of the molecule is CCCOc1cc(OC)ccc1CNc1ccccn1. The molecule has 0 aliphatic carbocycles. The Balaban J connectivity index is 2.09.